The van der Waals surface area contributed by atoms with E-state index in [1.807, 2.05) is 26.0 Å². The molecule has 0 fully saturated rings. The molecular weight excluding hydrogens is 317 g/mol. The molecule has 1 aromatic carbocycles. The van der Waals surface area contributed by atoms with Crippen molar-refractivity contribution >= 4 is 34.2 Å². The van der Waals surface area contributed by atoms with Crippen LogP contribution in [0.15, 0.2) is 29.8 Å². The van der Waals surface area contributed by atoms with Gasteiger partial charge in [0.25, 0.3) is 0 Å². The Balaban J connectivity index is 2.82. The number of hydrogen-bond acceptors (Lipinski definition) is 2. The van der Waals surface area contributed by atoms with Gasteiger partial charge in [0, 0.05) is 17.8 Å². The monoisotopic (exact) mass is 331 g/mol. The van der Waals surface area contributed by atoms with E-state index in [4.69, 9.17) is 4.74 Å². The number of allylic oxidation sites excluding steroid dienone is 1. The zero-order valence-corrected chi connectivity index (χ0v) is 11.7. The van der Waals surface area contributed by atoms with Crippen LogP contribution in [0.5, 0.6) is 5.75 Å². The van der Waals surface area contributed by atoms with Crippen molar-refractivity contribution in [2.45, 2.75) is 13.8 Å². The van der Waals surface area contributed by atoms with Gasteiger partial charge >= 0.3 is 0 Å². The van der Waals surface area contributed by atoms with E-state index in [1.165, 1.54) is 0 Å². The minimum absolute atomic E-state index is 0.122. The predicted octanol–water partition coefficient (Wildman–Crippen LogP) is 3.20. The van der Waals surface area contributed by atoms with Gasteiger partial charge in [0.1, 0.15) is 5.75 Å². The number of halogens is 1. The number of nitrogens with one attached hydrogen (secondary N) is 1. The van der Waals surface area contributed by atoms with Crippen molar-refractivity contribution in [2.75, 3.05) is 12.4 Å². The lowest BCUT2D eigenvalue weighted by Gasteiger charge is -2.07. The second-order valence-electron chi connectivity index (χ2n) is 3.56. The highest BCUT2D eigenvalue weighted by atomic mass is 127. The minimum atomic E-state index is -0.122. The van der Waals surface area contributed by atoms with Crippen molar-refractivity contribution in [3.63, 3.8) is 0 Å². The zero-order chi connectivity index (χ0) is 12.1. The van der Waals surface area contributed by atoms with E-state index in [1.54, 1.807) is 19.3 Å². The summed E-state index contributed by atoms with van der Waals surface area (Å²) in [5, 5.41) is 2.78. The van der Waals surface area contributed by atoms with Crippen LogP contribution in [-0.2, 0) is 4.79 Å². The maximum Gasteiger partial charge on any atom is 0.248 e. The molecule has 0 bridgehead atoms. The number of amides is 1. The second kappa shape index (κ2) is 5.89. The Morgan fingerprint density at radius 1 is 1.44 bits per heavy atom. The number of ether oxygens (including phenoxy) is 1. The van der Waals surface area contributed by atoms with E-state index in [9.17, 15) is 4.79 Å². The molecule has 1 amide bonds. The Labute approximate surface area is 109 Å². The Bertz CT molecular complexity index is 423. The van der Waals surface area contributed by atoms with Gasteiger partial charge in [-0.05, 0) is 48.6 Å². The Hall–Kier alpha value is -1.04. The predicted molar refractivity (Wildman–Crippen MR) is 73.8 cm³/mol. The van der Waals surface area contributed by atoms with Crippen LogP contribution in [-0.4, -0.2) is 13.0 Å². The molecule has 0 aromatic heterocycles. The molecule has 0 aliphatic rings. The summed E-state index contributed by atoms with van der Waals surface area (Å²) < 4.78 is 6.19. The number of carbonyl (C=O) groups is 1. The molecule has 0 heterocycles. The Morgan fingerprint density at radius 3 is 2.69 bits per heavy atom. The molecule has 0 spiro atoms. The molecule has 0 radical (unpaired) electrons. The topological polar surface area (TPSA) is 38.3 Å². The summed E-state index contributed by atoms with van der Waals surface area (Å²) in [6.07, 6.45) is 1.56. The van der Waals surface area contributed by atoms with E-state index in [-0.39, 0.29) is 5.91 Å². The molecule has 0 aliphatic heterocycles. The van der Waals surface area contributed by atoms with Gasteiger partial charge in [-0.15, -0.1) is 0 Å². The lowest BCUT2D eigenvalue weighted by atomic mass is 10.2. The summed E-state index contributed by atoms with van der Waals surface area (Å²) in [6, 6.07) is 5.55. The van der Waals surface area contributed by atoms with E-state index < -0.39 is 0 Å². The molecule has 0 unspecified atom stereocenters. The Kier molecular flexibility index (Phi) is 4.79. The third kappa shape index (κ3) is 3.84. The standard InChI is InChI=1S/C12H14INO2/c1-8(2)6-12(15)14-9-4-5-10(13)11(7-9)16-3/h4-7H,1-3H3,(H,14,15). The van der Waals surface area contributed by atoms with Crippen LogP contribution in [0.3, 0.4) is 0 Å². The molecule has 1 aromatic rings. The number of carbonyl (C=O) groups excluding carboxylic acids is 1. The van der Waals surface area contributed by atoms with Gasteiger partial charge in [-0.25, -0.2) is 0 Å². The minimum Gasteiger partial charge on any atom is -0.496 e. The van der Waals surface area contributed by atoms with Crippen molar-refractivity contribution in [1.82, 2.24) is 0 Å². The summed E-state index contributed by atoms with van der Waals surface area (Å²) in [5.41, 5.74) is 1.70. The van der Waals surface area contributed by atoms with E-state index >= 15 is 0 Å². The molecule has 16 heavy (non-hydrogen) atoms. The molecule has 0 atom stereocenters. The number of methoxy groups -OCH3 is 1. The van der Waals surface area contributed by atoms with Gasteiger partial charge in [0.05, 0.1) is 10.7 Å². The third-order valence-electron chi connectivity index (χ3n) is 1.84. The van der Waals surface area contributed by atoms with Crippen LogP contribution in [0, 0.1) is 3.57 Å². The fourth-order valence-electron chi connectivity index (χ4n) is 1.18. The molecule has 0 saturated heterocycles. The number of benzene rings is 1. The van der Waals surface area contributed by atoms with Crippen molar-refractivity contribution in [3.05, 3.63) is 33.4 Å². The maximum absolute atomic E-state index is 11.5. The number of anilines is 1. The summed E-state index contributed by atoms with van der Waals surface area (Å²) in [7, 11) is 1.61. The normalized spacial score (nSPS) is 9.50. The van der Waals surface area contributed by atoms with Crippen molar-refractivity contribution in [2.24, 2.45) is 0 Å². The number of rotatable bonds is 3. The third-order valence-corrected chi connectivity index (χ3v) is 2.73. The first-order chi connectivity index (χ1) is 7.52. The van der Waals surface area contributed by atoms with Crippen LogP contribution in [0.4, 0.5) is 5.69 Å². The first kappa shape index (κ1) is 13.0. The molecule has 1 rings (SSSR count). The van der Waals surface area contributed by atoms with Crippen molar-refractivity contribution in [3.8, 4) is 5.75 Å². The highest BCUT2D eigenvalue weighted by molar-refractivity contribution is 14.1. The fourth-order valence-corrected chi connectivity index (χ4v) is 1.73. The second-order valence-corrected chi connectivity index (χ2v) is 4.72. The fraction of sp³-hybridized carbons (Fsp3) is 0.250. The molecule has 0 aliphatic carbocycles. The highest BCUT2D eigenvalue weighted by Gasteiger charge is 2.03. The van der Waals surface area contributed by atoms with Crippen LogP contribution in [0.2, 0.25) is 0 Å². The summed E-state index contributed by atoms with van der Waals surface area (Å²) >= 11 is 2.18. The maximum atomic E-state index is 11.5. The van der Waals surface area contributed by atoms with E-state index in [0.29, 0.717) is 0 Å². The van der Waals surface area contributed by atoms with Crippen molar-refractivity contribution in [1.29, 1.82) is 0 Å². The molecule has 3 nitrogen and oxygen atoms in total. The highest BCUT2D eigenvalue weighted by Crippen LogP contribution is 2.24. The van der Waals surface area contributed by atoms with Crippen molar-refractivity contribution < 1.29 is 9.53 Å². The van der Waals surface area contributed by atoms with E-state index in [0.717, 1.165) is 20.6 Å². The first-order valence-electron chi connectivity index (χ1n) is 4.82. The lowest BCUT2D eigenvalue weighted by Crippen LogP contribution is -2.08. The van der Waals surface area contributed by atoms with Crippen LogP contribution < -0.4 is 10.1 Å². The van der Waals surface area contributed by atoms with Gasteiger partial charge < -0.3 is 10.1 Å². The van der Waals surface area contributed by atoms with Crippen LogP contribution in [0.25, 0.3) is 0 Å². The summed E-state index contributed by atoms with van der Waals surface area (Å²) in [6.45, 7) is 3.77. The molecular formula is C12H14INO2. The Morgan fingerprint density at radius 2 is 2.12 bits per heavy atom. The van der Waals surface area contributed by atoms with Gasteiger partial charge in [-0.3, -0.25) is 4.79 Å². The average Bonchev–Trinajstić information content (AvgIpc) is 2.19. The summed E-state index contributed by atoms with van der Waals surface area (Å²) in [4.78, 5) is 11.5. The number of hydrogen-bond donors (Lipinski definition) is 1. The molecule has 0 saturated carbocycles. The van der Waals surface area contributed by atoms with Crippen LogP contribution in [0.1, 0.15) is 13.8 Å². The van der Waals surface area contributed by atoms with Gasteiger partial charge in [-0.1, -0.05) is 5.57 Å². The zero-order valence-electron chi connectivity index (χ0n) is 9.50. The smallest absolute Gasteiger partial charge is 0.248 e. The quantitative estimate of drug-likeness (QED) is 0.682. The summed E-state index contributed by atoms with van der Waals surface area (Å²) in [5.74, 6) is 0.638. The molecule has 4 heteroatoms. The molecule has 86 valence electrons. The van der Waals surface area contributed by atoms with E-state index in [2.05, 4.69) is 27.9 Å². The molecule has 1 N–H and O–H groups in total. The van der Waals surface area contributed by atoms with Gasteiger partial charge in [0.2, 0.25) is 5.91 Å². The van der Waals surface area contributed by atoms with Gasteiger partial charge in [-0.2, -0.15) is 0 Å². The van der Waals surface area contributed by atoms with Gasteiger partial charge in [0.15, 0.2) is 0 Å². The SMILES string of the molecule is COc1cc(NC(=O)C=C(C)C)ccc1I. The lowest BCUT2D eigenvalue weighted by molar-refractivity contribution is -0.111. The average molecular weight is 331 g/mol. The van der Waals surface area contributed by atoms with Crippen LogP contribution >= 0.6 is 22.6 Å². The largest absolute Gasteiger partial charge is 0.496 e. The first-order valence-corrected chi connectivity index (χ1v) is 5.90.